The number of aromatic hydroxyl groups is 1. The Morgan fingerprint density at radius 3 is 2.54 bits per heavy atom. The molecular formula is C20H21N3O2S. The number of hydrogen-bond donors (Lipinski definition) is 2. The van der Waals surface area contributed by atoms with Crippen LogP contribution in [0, 0.1) is 20.8 Å². The molecule has 0 fully saturated rings. The number of nitrogens with zero attached hydrogens (tertiary/aromatic N) is 2. The number of thiazole rings is 1. The number of aromatic nitrogens is 1. The van der Waals surface area contributed by atoms with Gasteiger partial charge in [0.15, 0.2) is 11.5 Å². The fourth-order valence-corrected chi connectivity index (χ4v) is 3.62. The Labute approximate surface area is 157 Å². The van der Waals surface area contributed by atoms with E-state index in [0.29, 0.717) is 10.9 Å². The Bertz CT molecular complexity index is 940. The Hall–Kier alpha value is -2.86. The molecule has 0 saturated heterocycles. The second-order valence-corrected chi connectivity index (χ2v) is 6.97. The number of phenols is 1. The van der Waals surface area contributed by atoms with E-state index in [0.717, 1.165) is 11.3 Å². The standard InChI is InChI=1S/C20H21N3O2S/c1-12-7-13(2)19(14(3)8-12)16-11-26-20(22-16)23-21-10-15-5-6-18(25-4)17(24)9-15/h5-11,24H,1-4H3,(H,22,23)/b21-10-. The second kappa shape index (κ2) is 7.58. The van der Waals surface area contributed by atoms with E-state index in [1.54, 1.807) is 18.3 Å². The van der Waals surface area contributed by atoms with Gasteiger partial charge in [-0.1, -0.05) is 17.7 Å². The molecule has 134 valence electrons. The number of rotatable bonds is 5. The molecule has 0 unspecified atom stereocenters. The Morgan fingerprint density at radius 1 is 1.15 bits per heavy atom. The zero-order chi connectivity index (χ0) is 18.7. The van der Waals surface area contributed by atoms with Gasteiger partial charge in [0.2, 0.25) is 5.13 Å². The molecule has 0 aliphatic carbocycles. The van der Waals surface area contributed by atoms with Crippen molar-refractivity contribution in [3.8, 4) is 22.8 Å². The molecule has 0 amide bonds. The first-order chi connectivity index (χ1) is 12.5. The maximum absolute atomic E-state index is 9.79. The van der Waals surface area contributed by atoms with Gasteiger partial charge in [-0.25, -0.2) is 4.98 Å². The summed E-state index contributed by atoms with van der Waals surface area (Å²) < 4.78 is 5.03. The van der Waals surface area contributed by atoms with Gasteiger partial charge in [0.1, 0.15) is 0 Å². The molecule has 0 spiro atoms. The van der Waals surface area contributed by atoms with E-state index >= 15 is 0 Å². The molecule has 0 bridgehead atoms. The molecule has 3 rings (SSSR count). The van der Waals surface area contributed by atoms with Gasteiger partial charge < -0.3 is 9.84 Å². The minimum Gasteiger partial charge on any atom is -0.504 e. The fourth-order valence-electron chi connectivity index (χ4n) is 2.97. The Kier molecular flexibility index (Phi) is 5.23. The largest absolute Gasteiger partial charge is 0.504 e. The Morgan fingerprint density at radius 2 is 1.88 bits per heavy atom. The summed E-state index contributed by atoms with van der Waals surface area (Å²) in [4.78, 5) is 4.63. The molecule has 0 saturated carbocycles. The maximum Gasteiger partial charge on any atom is 0.203 e. The number of aryl methyl sites for hydroxylation is 3. The van der Waals surface area contributed by atoms with Crippen LogP contribution in [0.2, 0.25) is 0 Å². The molecule has 0 radical (unpaired) electrons. The third-order valence-corrected chi connectivity index (χ3v) is 4.76. The average molecular weight is 367 g/mol. The minimum absolute atomic E-state index is 0.0818. The molecule has 5 nitrogen and oxygen atoms in total. The van der Waals surface area contributed by atoms with Crippen LogP contribution in [0.15, 0.2) is 40.8 Å². The lowest BCUT2D eigenvalue weighted by molar-refractivity contribution is 0.373. The van der Waals surface area contributed by atoms with Crippen LogP contribution >= 0.6 is 11.3 Å². The van der Waals surface area contributed by atoms with Gasteiger partial charge in [0, 0.05) is 10.9 Å². The van der Waals surface area contributed by atoms with Gasteiger partial charge in [0.05, 0.1) is 19.0 Å². The van der Waals surface area contributed by atoms with Crippen LogP contribution in [0.3, 0.4) is 0 Å². The summed E-state index contributed by atoms with van der Waals surface area (Å²) in [6, 6.07) is 9.44. The van der Waals surface area contributed by atoms with Crippen LogP contribution in [-0.4, -0.2) is 23.4 Å². The first-order valence-corrected chi connectivity index (χ1v) is 9.05. The zero-order valence-electron chi connectivity index (χ0n) is 15.2. The van der Waals surface area contributed by atoms with Crippen molar-refractivity contribution in [1.29, 1.82) is 0 Å². The topological polar surface area (TPSA) is 66.7 Å². The lowest BCUT2D eigenvalue weighted by Crippen LogP contribution is -1.93. The zero-order valence-corrected chi connectivity index (χ0v) is 16.0. The van der Waals surface area contributed by atoms with E-state index < -0.39 is 0 Å². The van der Waals surface area contributed by atoms with Crippen LogP contribution in [0.1, 0.15) is 22.3 Å². The van der Waals surface area contributed by atoms with E-state index in [1.165, 1.54) is 40.7 Å². The number of benzene rings is 2. The lowest BCUT2D eigenvalue weighted by Gasteiger charge is -2.08. The number of hydrazone groups is 1. The summed E-state index contributed by atoms with van der Waals surface area (Å²) in [7, 11) is 1.52. The highest BCUT2D eigenvalue weighted by Gasteiger charge is 2.10. The van der Waals surface area contributed by atoms with Crippen LogP contribution < -0.4 is 10.2 Å². The first kappa shape index (κ1) is 17.9. The van der Waals surface area contributed by atoms with Crippen molar-refractivity contribution in [3.05, 3.63) is 58.0 Å². The molecular weight excluding hydrogens is 346 g/mol. The number of ether oxygens (including phenoxy) is 1. The van der Waals surface area contributed by atoms with Crippen molar-refractivity contribution in [3.63, 3.8) is 0 Å². The fraction of sp³-hybridized carbons (Fsp3) is 0.200. The van der Waals surface area contributed by atoms with Crippen molar-refractivity contribution < 1.29 is 9.84 Å². The molecule has 0 atom stereocenters. The number of nitrogens with one attached hydrogen (secondary N) is 1. The third kappa shape index (κ3) is 3.86. The van der Waals surface area contributed by atoms with Crippen molar-refractivity contribution in [2.45, 2.75) is 20.8 Å². The van der Waals surface area contributed by atoms with Gasteiger partial charge in [-0.3, -0.25) is 5.43 Å². The highest BCUT2D eigenvalue weighted by atomic mass is 32.1. The second-order valence-electron chi connectivity index (χ2n) is 6.11. The van der Waals surface area contributed by atoms with E-state index in [2.05, 4.69) is 48.4 Å². The SMILES string of the molecule is COc1ccc(/C=N\Nc2nc(-c3c(C)cc(C)cc3C)cs2)cc1O. The van der Waals surface area contributed by atoms with Gasteiger partial charge >= 0.3 is 0 Å². The van der Waals surface area contributed by atoms with Crippen molar-refractivity contribution in [1.82, 2.24) is 4.98 Å². The average Bonchev–Trinajstić information content (AvgIpc) is 3.02. The number of phenolic OH excluding ortho intramolecular Hbond substituents is 1. The number of hydrogen-bond acceptors (Lipinski definition) is 6. The normalized spacial score (nSPS) is 11.1. The number of anilines is 1. The van der Waals surface area contributed by atoms with E-state index in [1.807, 2.05) is 11.4 Å². The molecule has 0 aliphatic heterocycles. The molecule has 6 heteroatoms. The molecule has 1 heterocycles. The van der Waals surface area contributed by atoms with Crippen molar-refractivity contribution in [2.24, 2.45) is 5.10 Å². The summed E-state index contributed by atoms with van der Waals surface area (Å²) in [5.74, 6) is 0.516. The quantitative estimate of drug-likeness (QED) is 0.497. The summed E-state index contributed by atoms with van der Waals surface area (Å²) in [6.07, 6.45) is 1.63. The molecule has 3 aromatic rings. The smallest absolute Gasteiger partial charge is 0.203 e. The summed E-state index contributed by atoms with van der Waals surface area (Å²) in [5, 5.41) is 16.7. The monoisotopic (exact) mass is 367 g/mol. The molecule has 1 aromatic heterocycles. The summed E-state index contributed by atoms with van der Waals surface area (Å²) in [6.45, 7) is 6.32. The highest BCUT2D eigenvalue weighted by molar-refractivity contribution is 7.14. The summed E-state index contributed by atoms with van der Waals surface area (Å²) in [5.41, 5.74) is 9.52. The predicted octanol–water partition coefficient (Wildman–Crippen LogP) is 4.90. The Balaban J connectivity index is 1.74. The van der Waals surface area contributed by atoms with Gasteiger partial charge in [-0.2, -0.15) is 5.10 Å². The van der Waals surface area contributed by atoms with Gasteiger partial charge in [-0.15, -0.1) is 11.3 Å². The summed E-state index contributed by atoms with van der Waals surface area (Å²) >= 11 is 1.50. The van der Waals surface area contributed by atoms with Crippen LogP contribution in [-0.2, 0) is 0 Å². The van der Waals surface area contributed by atoms with Gasteiger partial charge in [0.25, 0.3) is 0 Å². The van der Waals surface area contributed by atoms with Gasteiger partial charge in [-0.05, 0) is 55.7 Å². The predicted molar refractivity (Wildman–Crippen MR) is 108 cm³/mol. The first-order valence-electron chi connectivity index (χ1n) is 8.17. The van der Waals surface area contributed by atoms with E-state index in [4.69, 9.17) is 4.74 Å². The molecule has 2 aromatic carbocycles. The maximum atomic E-state index is 9.79. The van der Waals surface area contributed by atoms with Crippen molar-refractivity contribution in [2.75, 3.05) is 12.5 Å². The van der Waals surface area contributed by atoms with Crippen LogP contribution in [0.5, 0.6) is 11.5 Å². The molecule has 2 N–H and O–H groups in total. The van der Waals surface area contributed by atoms with Crippen molar-refractivity contribution >= 4 is 22.7 Å². The number of methoxy groups -OCH3 is 1. The van der Waals surface area contributed by atoms with E-state index in [-0.39, 0.29) is 5.75 Å². The lowest BCUT2D eigenvalue weighted by atomic mass is 9.98. The highest BCUT2D eigenvalue weighted by Crippen LogP contribution is 2.31. The molecule has 0 aliphatic rings. The third-order valence-electron chi connectivity index (χ3n) is 4.01. The van der Waals surface area contributed by atoms with Crippen LogP contribution in [0.25, 0.3) is 11.3 Å². The minimum atomic E-state index is 0.0818. The van der Waals surface area contributed by atoms with Crippen LogP contribution in [0.4, 0.5) is 5.13 Å². The molecule has 26 heavy (non-hydrogen) atoms. The van der Waals surface area contributed by atoms with E-state index in [9.17, 15) is 5.11 Å².